The van der Waals surface area contributed by atoms with Crippen molar-refractivity contribution in [2.24, 2.45) is 5.11 Å². The largest absolute Gasteiger partial charge is 0.394 e. The Labute approximate surface area is 52.6 Å². The average Bonchev–Trinajstić information content (AvgIpc) is 1.89. The third-order valence-corrected chi connectivity index (χ3v) is 0.836. The third-order valence-electron chi connectivity index (χ3n) is 0.836. The standard InChI is InChI=1S/C4H9N3O2/c5-7-6-2-1-4(9)3-8/h4,8-9H,1-3H2. The number of rotatable bonds is 4. The molecule has 1 unspecified atom stereocenters. The molecule has 0 heterocycles. The van der Waals surface area contributed by atoms with Gasteiger partial charge in [0.05, 0.1) is 12.7 Å². The summed E-state index contributed by atoms with van der Waals surface area (Å²) in [4.78, 5) is 2.47. The van der Waals surface area contributed by atoms with Gasteiger partial charge in [-0.25, -0.2) is 0 Å². The zero-order valence-corrected chi connectivity index (χ0v) is 4.93. The fourth-order valence-electron chi connectivity index (χ4n) is 0.343. The Balaban J connectivity index is 3.16. The van der Waals surface area contributed by atoms with Crippen LogP contribution in [0.1, 0.15) is 6.42 Å². The number of hydrogen-bond donors (Lipinski definition) is 2. The van der Waals surface area contributed by atoms with Gasteiger partial charge in [-0.15, -0.1) is 0 Å². The smallest absolute Gasteiger partial charge is 0.0772 e. The van der Waals surface area contributed by atoms with Gasteiger partial charge in [0.1, 0.15) is 0 Å². The van der Waals surface area contributed by atoms with Crippen molar-refractivity contribution in [2.45, 2.75) is 12.5 Å². The van der Waals surface area contributed by atoms with Crippen molar-refractivity contribution in [3.8, 4) is 0 Å². The van der Waals surface area contributed by atoms with Gasteiger partial charge in [0.15, 0.2) is 0 Å². The number of nitrogens with zero attached hydrogens (tertiary/aromatic N) is 3. The number of aliphatic hydroxyl groups is 2. The van der Waals surface area contributed by atoms with Gasteiger partial charge in [0.2, 0.25) is 0 Å². The van der Waals surface area contributed by atoms with E-state index in [1.165, 1.54) is 0 Å². The molecule has 5 heteroatoms. The average molecular weight is 131 g/mol. The summed E-state index contributed by atoms with van der Waals surface area (Å²) in [6.45, 7) is -0.0425. The normalized spacial score (nSPS) is 12.2. The molecule has 9 heavy (non-hydrogen) atoms. The second-order valence-corrected chi connectivity index (χ2v) is 1.58. The van der Waals surface area contributed by atoms with Crippen molar-refractivity contribution in [3.05, 3.63) is 10.4 Å². The van der Waals surface area contributed by atoms with E-state index in [0.29, 0.717) is 6.42 Å². The van der Waals surface area contributed by atoms with E-state index in [1.807, 2.05) is 0 Å². The van der Waals surface area contributed by atoms with Crippen LogP contribution in [0.25, 0.3) is 10.4 Å². The van der Waals surface area contributed by atoms with Gasteiger partial charge in [-0.1, -0.05) is 5.11 Å². The molecular formula is C4H9N3O2. The van der Waals surface area contributed by atoms with Gasteiger partial charge in [-0.3, -0.25) is 0 Å². The molecule has 0 spiro atoms. The predicted octanol–water partition coefficient (Wildman–Crippen LogP) is 0.0400. The maximum absolute atomic E-state index is 8.65. The van der Waals surface area contributed by atoms with Gasteiger partial charge in [0, 0.05) is 11.5 Å². The highest BCUT2D eigenvalue weighted by atomic mass is 16.3. The van der Waals surface area contributed by atoms with E-state index >= 15 is 0 Å². The van der Waals surface area contributed by atoms with Gasteiger partial charge < -0.3 is 10.2 Å². The monoisotopic (exact) mass is 131 g/mol. The molecule has 0 fully saturated rings. The van der Waals surface area contributed by atoms with Crippen molar-refractivity contribution >= 4 is 0 Å². The first-order chi connectivity index (χ1) is 4.31. The fraction of sp³-hybridized carbons (Fsp3) is 1.00. The molecule has 0 saturated carbocycles. The summed E-state index contributed by atoms with van der Waals surface area (Å²) in [5.74, 6) is 0. The molecule has 2 N–H and O–H groups in total. The van der Waals surface area contributed by atoms with E-state index in [9.17, 15) is 0 Å². The van der Waals surface area contributed by atoms with Crippen molar-refractivity contribution in [3.63, 3.8) is 0 Å². The molecule has 0 aliphatic heterocycles. The lowest BCUT2D eigenvalue weighted by Crippen LogP contribution is -2.12. The zero-order chi connectivity index (χ0) is 7.11. The third kappa shape index (κ3) is 5.10. The Morgan fingerprint density at radius 2 is 2.33 bits per heavy atom. The van der Waals surface area contributed by atoms with Crippen LogP contribution < -0.4 is 0 Å². The van der Waals surface area contributed by atoms with Crippen molar-refractivity contribution < 1.29 is 10.2 Å². The SMILES string of the molecule is [N-]=[N+]=NCCC(O)CO. The molecule has 0 amide bonds. The van der Waals surface area contributed by atoms with E-state index in [0.717, 1.165) is 0 Å². The van der Waals surface area contributed by atoms with Gasteiger partial charge in [-0.2, -0.15) is 0 Å². The maximum Gasteiger partial charge on any atom is 0.0772 e. The second kappa shape index (κ2) is 5.37. The Hall–Kier alpha value is -0.770. The summed E-state index contributed by atoms with van der Waals surface area (Å²) in [5, 5.41) is 20.1. The quantitative estimate of drug-likeness (QED) is 0.320. The lowest BCUT2D eigenvalue weighted by molar-refractivity contribution is 0.0903. The highest BCUT2D eigenvalue weighted by molar-refractivity contribution is 4.55. The van der Waals surface area contributed by atoms with Crippen LogP contribution in [-0.4, -0.2) is 29.5 Å². The number of azide groups is 1. The first-order valence-corrected chi connectivity index (χ1v) is 2.61. The summed E-state index contributed by atoms with van der Waals surface area (Å²) < 4.78 is 0. The summed E-state index contributed by atoms with van der Waals surface area (Å²) >= 11 is 0. The molecule has 0 rings (SSSR count). The molecule has 52 valence electrons. The molecule has 5 nitrogen and oxygen atoms in total. The minimum atomic E-state index is -0.754. The maximum atomic E-state index is 8.65. The summed E-state index contributed by atoms with van der Waals surface area (Å²) in [6, 6.07) is 0. The van der Waals surface area contributed by atoms with Crippen LogP contribution in [0.2, 0.25) is 0 Å². The molecule has 0 aromatic carbocycles. The molecular weight excluding hydrogens is 122 g/mol. The van der Waals surface area contributed by atoms with Gasteiger partial charge in [-0.05, 0) is 12.0 Å². The van der Waals surface area contributed by atoms with Crippen molar-refractivity contribution in [2.75, 3.05) is 13.2 Å². The summed E-state index contributed by atoms with van der Waals surface area (Å²) in [5.41, 5.74) is 7.77. The van der Waals surface area contributed by atoms with E-state index in [4.69, 9.17) is 15.7 Å². The van der Waals surface area contributed by atoms with Crippen LogP contribution in [0.5, 0.6) is 0 Å². The van der Waals surface area contributed by atoms with E-state index < -0.39 is 6.10 Å². The molecule has 0 aromatic heterocycles. The minimum absolute atomic E-state index is 0.234. The van der Waals surface area contributed by atoms with Gasteiger partial charge >= 0.3 is 0 Å². The molecule has 0 aliphatic carbocycles. The molecule has 0 bridgehead atoms. The second-order valence-electron chi connectivity index (χ2n) is 1.58. The molecule has 1 atom stereocenters. The number of aliphatic hydroxyl groups excluding tert-OH is 2. The lowest BCUT2D eigenvalue weighted by atomic mass is 10.3. The van der Waals surface area contributed by atoms with E-state index in [-0.39, 0.29) is 13.2 Å². The number of hydrogen-bond acceptors (Lipinski definition) is 3. The Morgan fingerprint density at radius 1 is 1.67 bits per heavy atom. The van der Waals surface area contributed by atoms with E-state index in [1.54, 1.807) is 0 Å². The first-order valence-electron chi connectivity index (χ1n) is 2.61. The van der Waals surface area contributed by atoms with Crippen LogP contribution in [-0.2, 0) is 0 Å². The van der Waals surface area contributed by atoms with Crippen LogP contribution in [0.15, 0.2) is 5.11 Å². The van der Waals surface area contributed by atoms with Gasteiger partial charge in [0.25, 0.3) is 0 Å². The van der Waals surface area contributed by atoms with Crippen LogP contribution in [0.4, 0.5) is 0 Å². The predicted molar refractivity (Wildman–Crippen MR) is 31.7 cm³/mol. The summed E-state index contributed by atoms with van der Waals surface area (Å²) in [6.07, 6.45) is -0.434. The summed E-state index contributed by atoms with van der Waals surface area (Å²) in [7, 11) is 0. The first kappa shape index (κ1) is 8.23. The van der Waals surface area contributed by atoms with Crippen LogP contribution in [0.3, 0.4) is 0 Å². The van der Waals surface area contributed by atoms with Crippen LogP contribution >= 0.6 is 0 Å². The fourth-order valence-corrected chi connectivity index (χ4v) is 0.343. The highest BCUT2D eigenvalue weighted by Crippen LogP contribution is 1.89. The minimum Gasteiger partial charge on any atom is -0.394 e. The topological polar surface area (TPSA) is 89.2 Å². The zero-order valence-electron chi connectivity index (χ0n) is 4.93. The van der Waals surface area contributed by atoms with Crippen molar-refractivity contribution in [1.29, 1.82) is 0 Å². The highest BCUT2D eigenvalue weighted by Gasteiger charge is 1.97. The molecule has 0 radical (unpaired) electrons. The Kier molecular flexibility index (Phi) is 4.91. The molecule has 0 aromatic rings. The Morgan fingerprint density at radius 3 is 2.78 bits per heavy atom. The molecule has 0 saturated heterocycles. The lowest BCUT2D eigenvalue weighted by Gasteiger charge is -2.01. The van der Waals surface area contributed by atoms with Crippen molar-refractivity contribution in [1.82, 2.24) is 0 Å². The Bertz CT molecular complexity index is 110. The van der Waals surface area contributed by atoms with E-state index in [2.05, 4.69) is 10.0 Å². The van der Waals surface area contributed by atoms with Crippen LogP contribution in [0, 0.1) is 0 Å². The molecule has 0 aliphatic rings.